The summed E-state index contributed by atoms with van der Waals surface area (Å²) in [6, 6.07) is 1.38. The van der Waals surface area contributed by atoms with Gasteiger partial charge in [0.05, 0.1) is 11.3 Å². The van der Waals surface area contributed by atoms with E-state index in [2.05, 4.69) is 0 Å². The van der Waals surface area contributed by atoms with Gasteiger partial charge in [-0.1, -0.05) is 0 Å². The third kappa shape index (κ3) is 1.06. The lowest BCUT2D eigenvalue weighted by Crippen LogP contribution is -2.02. The number of nitrogens with two attached hydrogens (primary N) is 1. The van der Waals surface area contributed by atoms with Crippen molar-refractivity contribution < 1.29 is 19.4 Å². The molecule has 0 amide bonds. The summed E-state index contributed by atoms with van der Waals surface area (Å²) < 4.78 is 10.2. The average molecular weight is 195 g/mol. The molecule has 0 bridgehead atoms. The number of hydrogen-bond acceptors (Lipinski definition) is 4. The van der Waals surface area contributed by atoms with Crippen LogP contribution in [0, 0.1) is 6.92 Å². The maximum absolute atomic E-state index is 10.8. The monoisotopic (exact) mass is 195 g/mol. The van der Waals surface area contributed by atoms with Gasteiger partial charge in [-0.15, -0.1) is 0 Å². The maximum atomic E-state index is 10.8. The summed E-state index contributed by atoms with van der Waals surface area (Å²) in [6.07, 6.45) is 0. The minimum absolute atomic E-state index is 0.0868. The second-order valence-electron chi connectivity index (χ2n) is 3.01. The number of rotatable bonds is 1. The van der Waals surface area contributed by atoms with E-state index in [4.69, 9.17) is 20.3 Å². The van der Waals surface area contributed by atoms with Gasteiger partial charge in [0.25, 0.3) is 0 Å². The van der Waals surface area contributed by atoms with Crippen LogP contribution < -0.4 is 15.2 Å². The number of anilines is 1. The summed E-state index contributed by atoms with van der Waals surface area (Å²) in [6.45, 7) is 1.75. The Morgan fingerprint density at radius 1 is 1.50 bits per heavy atom. The van der Waals surface area contributed by atoms with E-state index < -0.39 is 5.97 Å². The van der Waals surface area contributed by atoms with Crippen molar-refractivity contribution in [3.05, 3.63) is 17.2 Å². The standard InChI is InChI=1S/C9H9NO4/c1-4-5(9(11)12)2-6(10)8-7(4)13-3-14-8/h2H,3,10H2,1H3,(H,11,12). The lowest BCUT2D eigenvalue weighted by Gasteiger charge is -2.06. The van der Waals surface area contributed by atoms with E-state index >= 15 is 0 Å². The minimum Gasteiger partial charge on any atom is -0.478 e. The highest BCUT2D eigenvalue weighted by Gasteiger charge is 2.24. The fourth-order valence-electron chi connectivity index (χ4n) is 1.45. The topological polar surface area (TPSA) is 81.8 Å². The first-order valence-electron chi connectivity index (χ1n) is 4.03. The van der Waals surface area contributed by atoms with Crippen LogP contribution in [0.3, 0.4) is 0 Å². The van der Waals surface area contributed by atoms with Crippen LogP contribution in [0.2, 0.25) is 0 Å². The molecule has 1 aliphatic heterocycles. The Labute approximate surface area is 80.0 Å². The van der Waals surface area contributed by atoms with Crippen molar-refractivity contribution in [2.45, 2.75) is 6.92 Å². The lowest BCUT2D eigenvalue weighted by molar-refractivity contribution is 0.0695. The van der Waals surface area contributed by atoms with Gasteiger partial charge in [-0.2, -0.15) is 0 Å². The number of aromatic carboxylic acids is 1. The Morgan fingerprint density at radius 2 is 2.14 bits per heavy atom. The molecule has 0 spiro atoms. The Bertz CT molecular complexity index is 414. The number of ether oxygens (including phenoxy) is 2. The number of carboxylic acids is 1. The second-order valence-corrected chi connectivity index (χ2v) is 3.01. The van der Waals surface area contributed by atoms with Gasteiger partial charge in [0.1, 0.15) is 0 Å². The van der Waals surface area contributed by atoms with Crippen LogP contribution in [0.15, 0.2) is 6.07 Å². The molecule has 1 aromatic rings. The molecule has 0 saturated carbocycles. The lowest BCUT2D eigenvalue weighted by atomic mass is 10.1. The summed E-state index contributed by atoms with van der Waals surface area (Å²) in [5.74, 6) is -0.151. The summed E-state index contributed by atoms with van der Waals surface area (Å²) in [5.41, 5.74) is 6.59. The number of benzene rings is 1. The van der Waals surface area contributed by atoms with E-state index in [0.717, 1.165) is 0 Å². The molecule has 1 heterocycles. The fraction of sp³-hybridized carbons (Fsp3) is 0.222. The van der Waals surface area contributed by atoms with Gasteiger partial charge in [0.2, 0.25) is 6.79 Å². The summed E-state index contributed by atoms with van der Waals surface area (Å²) in [7, 11) is 0. The van der Waals surface area contributed by atoms with Crippen molar-refractivity contribution in [1.29, 1.82) is 0 Å². The van der Waals surface area contributed by atoms with Gasteiger partial charge in [0.15, 0.2) is 11.5 Å². The number of carboxylic acid groups (broad SMARTS) is 1. The molecule has 0 aromatic heterocycles. The molecule has 0 radical (unpaired) electrons. The zero-order valence-electron chi connectivity index (χ0n) is 7.53. The molecule has 0 unspecified atom stereocenters. The molecule has 0 fully saturated rings. The molecule has 0 saturated heterocycles. The Morgan fingerprint density at radius 3 is 2.79 bits per heavy atom. The van der Waals surface area contributed by atoms with E-state index in [1.54, 1.807) is 6.92 Å². The van der Waals surface area contributed by atoms with Crippen LogP contribution in [0.1, 0.15) is 15.9 Å². The van der Waals surface area contributed by atoms with Crippen molar-refractivity contribution >= 4 is 11.7 Å². The molecule has 5 nitrogen and oxygen atoms in total. The highest BCUT2D eigenvalue weighted by molar-refractivity contribution is 5.93. The maximum Gasteiger partial charge on any atom is 0.336 e. The van der Waals surface area contributed by atoms with E-state index in [0.29, 0.717) is 22.7 Å². The first-order chi connectivity index (χ1) is 6.61. The van der Waals surface area contributed by atoms with E-state index in [1.165, 1.54) is 6.07 Å². The number of carbonyl (C=O) groups is 1. The molecule has 3 N–H and O–H groups in total. The summed E-state index contributed by atoms with van der Waals surface area (Å²) >= 11 is 0. The number of fused-ring (bicyclic) bond motifs is 1. The minimum atomic E-state index is -1.02. The summed E-state index contributed by atoms with van der Waals surface area (Å²) in [4.78, 5) is 10.8. The van der Waals surface area contributed by atoms with Gasteiger partial charge < -0.3 is 20.3 Å². The molecule has 14 heavy (non-hydrogen) atoms. The third-order valence-corrected chi connectivity index (χ3v) is 2.15. The van der Waals surface area contributed by atoms with Gasteiger partial charge in [-0.05, 0) is 13.0 Å². The fourth-order valence-corrected chi connectivity index (χ4v) is 1.45. The van der Waals surface area contributed by atoms with Gasteiger partial charge in [-0.25, -0.2) is 4.79 Å². The number of hydrogen-bond donors (Lipinski definition) is 2. The van der Waals surface area contributed by atoms with Crippen molar-refractivity contribution in [1.82, 2.24) is 0 Å². The van der Waals surface area contributed by atoms with Crippen molar-refractivity contribution in [2.24, 2.45) is 0 Å². The molecule has 1 aliphatic rings. The molecule has 2 rings (SSSR count). The molecule has 1 aromatic carbocycles. The largest absolute Gasteiger partial charge is 0.478 e. The van der Waals surface area contributed by atoms with Crippen LogP contribution in [-0.4, -0.2) is 17.9 Å². The Balaban J connectivity index is 2.68. The van der Waals surface area contributed by atoms with Gasteiger partial charge in [0, 0.05) is 5.56 Å². The highest BCUT2D eigenvalue weighted by atomic mass is 16.7. The predicted molar refractivity (Wildman–Crippen MR) is 48.7 cm³/mol. The zero-order chi connectivity index (χ0) is 10.3. The van der Waals surface area contributed by atoms with Gasteiger partial charge >= 0.3 is 5.97 Å². The molecular formula is C9H9NO4. The average Bonchev–Trinajstić information content (AvgIpc) is 2.59. The van der Waals surface area contributed by atoms with Crippen molar-refractivity contribution in [3.8, 4) is 11.5 Å². The predicted octanol–water partition coefficient (Wildman–Crippen LogP) is 1.00. The Hall–Kier alpha value is -1.91. The molecule has 0 atom stereocenters. The molecule has 0 aliphatic carbocycles. The molecule has 5 heteroatoms. The first kappa shape index (κ1) is 8.68. The van der Waals surface area contributed by atoms with E-state index in [-0.39, 0.29) is 12.4 Å². The van der Waals surface area contributed by atoms with Crippen LogP contribution in [0.25, 0.3) is 0 Å². The second kappa shape index (κ2) is 2.80. The third-order valence-electron chi connectivity index (χ3n) is 2.15. The normalized spacial score (nSPS) is 12.9. The van der Waals surface area contributed by atoms with Gasteiger partial charge in [-0.3, -0.25) is 0 Å². The van der Waals surface area contributed by atoms with Crippen molar-refractivity contribution in [3.63, 3.8) is 0 Å². The smallest absolute Gasteiger partial charge is 0.336 e. The van der Waals surface area contributed by atoms with Crippen LogP contribution >= 0.6 is 0 Å². The molecular weight excluding hydrogens is 186 g/mol. The first-order valence-corrected chi connectivity index (χ1v) is 4.03. The van der Waals surface area contributed by atoms with Crippen LogP contribution in [0.5, 0.6) is 11.5 Å². The van der Waals surface area contributed by atoms with Crippen molar-refractivity contribution in [2.75, 3.05) is 12.5 Å². The number of nitrogen functional groups attached to an aromatic ring is 1. The quantitative estimate of drug-likeness (QED) is 0.653. The van der Waals surface area contributed by atoms with Crippen LogP contribution in [0.4, 0.5) is 5.69 Å². The highest BCUT2D eigenvalue weighted by Crippen LogP contribution is 2.41. The summed E-state index contributed by atoms with van der Waals surface area (Å²) in [5, 5.41) is 8.87. The van der Waals surface area contributed by atoms with E-state index in [9.17, 15) is 4.79 Å². The zero-order valence-corrected chi connectivity index (χ0v) is 7.53. The van der Waals surface area contributed by atoms with Crippen LogP contribution in [-0.2, 0) is 0 Å². The van der Waals surface area contributed by atoms with E-state index in [1.807, 2.05) is 0 Å². The SMILES string of the molecule is Cc1c(C(=O)O)cc(N)c2c1OCO2. The molecule has 74 valence electrons. The Kier molecular flexibility index (Phi) is 1.73.